The van der Waals surface area contributed by atoms with Crippen LogP contribution < -0.4 is 22.3 Å². The molecule has 0 spiro atoms. The number of carbonyl (C=O) groups is 2. The highest BCUT2D eigenvalue weighted by Gasteiger charge is 2.51. The number of nitrogens with zero attached hydrogens (tertiary/aromatic N) is 2. The standard InChI is InChI=1S/C28H35N3O3.BrH/c32-26(30-24-11-8-16-29-19-24)21-31-17-12-22(13-18-31)25(20-31)34-27(33)28(14-6-1-2-7-15-28)23-9-4-3-5-10-23;/h3-5,8-11,16,19,22,25H,1-2,6-7,12-15,17-18,20-21H2;1H/t22?,25-,31?;/m0./s1. The second kappa shape index (κ2) is 11.2. The summed E-state index contributed by atoms with van der Waals surface area (Å²) in [5.74, 6) is 0.365. The van der Waals surface area contributed by atoms with E-state index in [1.54, 1.807) is 12.4 Å². The van der Waals surface area contributed by atoms with Gasteiger partial charge in [0.25, 0.3) is 5.91 Å². The summed E-state index contributed by atoms with van der Waals surface area (Å²) >= 11 is 0. The third-order valence-electron chi connectivity index (χ3n) is 8.40. The largest absolute Gasteiger partial charge is 1.00 e. The first-order valence-corrected chi connectivity index (χ1v) is 12.9. The van der Waals surface area contributed by atoms with Crippen molar-refractivity contribution < 1.29 is 35.8 Å². The predicted molar refractivity (Wildman–Crippen MR) is 131 cm³/mol. The molecular formula is C28H36BrN3O3. The molecule has 188 valence electrons. The maximum atomic E-state index is 13.9. The second-order valence-electron chi connectivity index (χ2n) is 10.6. The van der Waals surface area contributed by atoms with Crippen molar-refractivity contribution in [2.24, 2.45) is 5.92 Å². The fourth-order valence-electron chi connectivity index (χ4n) is 6.47. The Kier molecular flexibility index (Phi) is 8.27. The Labute approximate surface area is 218 Å². The third kappa shape index (κ3) is 5.61. The van der Waals surface area contributed by atoms with E-state index in [4.69, 9.17) is 4.74 Å². The summed E-state index contributed by atoms with van der Waals surface area (Å²) in [4.78, 5) is 30.8. The fourth-order valence-corrected chi connectivity index (χ4v) is 6.47. The number of esters is 1. The van der Waals surface area contributed by atoms with E-state index in [1.807, 2.05) is 30.3 Å². The van der Waals surface area contributed by atoms with E-state index in [0.717, 1.165) is 69.4 Å². The molecule has 4 aliphatic rings. The van der Waals surface area contributed by atoms with E-state index in [2.05, 4.69) is 22.4 Å². The number of carbonyl (C=O) groups excluding carboxylic acids is 2. The van der Waals surface area contributed by atoms with Gasteiger partial charge in [-0.25, -0.2) is 0 Å². The van der Waals surface area contributed by atoms with Crippen LogP contribution in [0.1, 0.15) is 56.9 Å². The Morgan fingerprint density at radius 1 is 1.00 bits per heavy atom. The first-order chi connectivity index (χ1) is 16.6. The van der Waals surface area contributed by atoms with Crippen molar-refractivity contribution in [3.8, 4) is 0 Å². The molecule has 6 nitrogen and oxygen atoms in total. The molecule has 6 rings (SSSR count). The van der Waals surface area contributed by atoms with Gasteiger partial charge in [0.05, 0.1) is 30.4 Å². The van der Waals surface area contributed by atoms with Gasteiger partial charge in [-0.2, -0.15) is 0 Å². The van der Waals surface area contributed by atoms with Crippen molar-refractivity contribution in [3.63, 3.8) is 0 Å². The first-order valence-electron chi connectivity index (χ1n) is 12.9. The van der Waals surface area contributed by atoms with Gasteiger partial charge in [-0.1, -0.05) is 56.0 Å². The fraction of sp³-hybridized carbons (Fsp3) is 0.536. The highest BCUT2D eigenvalue weighted by Crippen LogP contribution is 2.42. The van der Waals surface area contributed by atoms with Crippen LogP contribution in [0.2, 0.25) is 0 Å². The first kappa shape index (κ1) is 25.8. The van der Waals surface area contributed by atoms with Crippen LogP contribution in [0.4, 0.5) is 5.69 Å². The Morgan fingerprint density at radius 3 is 2.37 bits per heavy atom. The van der Waals surface area contributed by atoms with Gasteiger partial charge in [-0.05, 0) is 30.5 Å². The number of anilines is 1. The number of amides is 1. The minimum Gasteiger partial charge on any atom is -1.00 e. The van der Waals surface area contributed by atoms with Gasteiger partial charge in [-0.15, -0.1) is 0 Å². The SMILES string of the molecule is O=C(C[N+]12CCC(CC1)[C@@H](OC(=O)C1(c3ccccc3)CCCCCC1)C2)Nc1cccnc1.[Br-]. The quantitative estimate of drug-likeness (QED) is 0.341. The molecule has 1 amide bonds. The molecule has 1 aliphatic carbocycles. The Morgan fingerprint density at radius 2 is 1.71 bits per heavy atom. The molecule has 1 saturated carbocycles. The zero-order valence-electron chi connectivity index (χ0n) is 20.3. The molecule has 1 atom stereocenters. The van der Waals surface area contributed by atoms with E-state index in [9.17, 15) is 9.59 Å². The van der Waals surface area contributed by atoms with E-state index in [1.165, 1.54) is 12.8 Å². The number of hydrogen-bond acceptors (Lipinski definition) is 4. The van der Waals surface area contributed by atoms with Crippen molar-refractivity contribution in [1.29, 1.82) is 0 Å². The van der Waals surface area contributed by atoms with Crippen LogP contribution in [0, 0.1) is 5.92 Å². The van der Waals surface area contributed by atoms with Crippen LogP contribution in [-0.2, 0) is 19.7 Å². The summed E-state index contributed by atoms with van der Waals surface area (Å²) in [6.45, 7) is 3.10. The van der Waals surface area contributed by atoms with Crippen LogP contribution >= 0.6 is 0 Å². The highest BCUT2D eigenvalue weighted by atomic mass is 79.9. The normalized spacial score (nSPS) is 27.2. The summed E-state index contributed by atoms with van der Waals surface area (Å²) in [5, 5.41) is 2.98. The lowest BCUT2D eigenvalue weighted by Crippen LogP contribution is -3.00. The van der Waals surface area contributed by atoms with E-state index in [0.29, 0.717) is 16.9 Å². The lowest BCUT2D eigenvalue weighted by Gasteiger charge is -2.52. The topological polar surface area (TPSA) is 68.3 Å². The number of hydrogen-bond donors (Lipinski definition) is 1. The number of fused-ring (bicyclic) bond motifs is 3. The smallest absolute Gasteiger partial charge is 0.317 e. The molecule has 2 aromatic rings. The molecule has 7 heteroatoms. The molecule has 1 aromatic heterocycles. The summed E-state index contributed by atoms with van der Waals surface area (Å²) in [7, 11) is 0. The van der Waals surface area contributed by atoms with E-state index < -0.39 is 5.41 Å². The minimum absolute atomic E-state index is 0. The molecule has 0 unspecified atom stereocenters. The number of pyridine rings is 1. The number of quaternary nitrogens is 1. The molecule has 3 saturated heterocycles. The molecule has 35 heavy (non-hydrogen) atoms. The molecule has 2 bridgehead atoms. The molecule has 4 heterocycles. The van der Waals surface area contributed by atoms with Gasteiger partial charge in [0.1, 0.15) is 6.54 Å². The van der Waals surface area contributed by atoms with Crippen molar-refractivity contribution in [2.75, 3.05) is 31.5 Å². The summed E-state index contributed by atoms with van der Waals surface area (Å²) < 4.78 is 7.11. The number of ether oxygens (including phenoxy) is 1. The van der Waals surface area contributed by atoms with Crippen LogP contribution in [-0.4, -0.2) is 53.6 Å². The second-order valence-corrected chi connectivity index (χ2v) is 10.6. The van der Waals surface area contributed by atoms with Gasteiger partial charge in [0.15, 0.2) is 12.6 Å². The maximum Gasteiger partial charge on any atom is 0.317 e. The number of rotatable bonds is 6. The number of piperidine rings is 3. The van der Waals surface area contributed by atoms with Crippen LogP contribution in [0.3, 0.4) is 0 Å². The Hall–Kier alpha value is -2.25. The van der Waals surface area contributed by atoms with Crippen molar-refractivity contribution in [2.45, 2.75) is 62.9 Å². The van der Waals surface area contributed by atoms with Gasteiger partial charge in [0, 0.05) is 25.0 Å². The van der Waals surface area contributed by atoms with Crippen molar-refractivity contribution in [3.05, 3.63) is 60.4 Å². The summed E-state index contributed by atoms with van der Waals surface area (Å²) in [6.07, 6.45) is 11.5. The van der Waals surface area contributed by atoms with Gasteiger partial charge in [0.2, 0.25) is 0 Å². The van der Waals surface area contributed by atoms with Crippen LogP contribution in [0.25, 0.3) is 0 Å². The molecule has 1 N–H and O–H groups in total. The minimum atomic E-state index is -0.535. The van der Waals surface area contributed by atoms with Crippen LogP contribution in [0.15, 0.2) is 54.9 Å². The predicted octanol–water partition coefficient (Wildman–Crippen LogP) is 1.47. The average molecular weight is 543 g/mol. The lowest BCUT2D eigenvalue weighted by atomic mass is 9.74. The molecular weight excluding hydrogens is 506 g/mol. The van der Waals surface area contributed by atoms with E-state index >= 15 is 0 Å². The van der Waals surface area contributed by atoms with E-state index in [-0.39, 0.29) is 35.0 Å². The van der Waals surface area contributed by atoms with Gasteiger partial charge in [-0.3, -0.25) is 14.6 Å². The molecule has 1 aromatic carbocycles. The average Bonchev–Trinajstić information content (AvgIpc) is 3.13. The number of benzene rings is 1. The zero-order valence-corrected chi connectivity index (χ0v) is 21.9. The van der Waals surface area contributed by atoms with Crippen LogP contribution in [0.5, 0.6) is 0 Å². The summed E-state index contributed by atoms with van der Waals surface area (Å²) in [5.41, 5.74) is 1.29. The van der Waals surface area contributed by atoms with Crippen molar-refractivity contribution in [1.82, 2.24) is 4.98 Å². The third-order valence-corrected chi connectivity index (χ3v) is 8.40. The number of aromatic nitrogens is 1. The zero-order chi connectivity index (χ0) is 23.4. The lowest BCUT2D eigenvalue weighted by molar-refractivity contribution is -0.939. The summed E-state index contributed by atoms with van der Waals surface area (Å²) in [6, 6.07) is 13.9. The Bertz CT molecular complexity index is 985. The maximum absolute atomic E-state index is 13.9. The highest BCUT2D eigenvalue weighted by molar-refractivity contribution is 5.91. The van der Waals surface area contributed by atoms with Gasteiger partial charge < -0.3 is 31.5 Å². The van der Waals surface area contributed by atoms with Gasteiger partial charge >= 0.3 is 5.97 Å². The molecule has 3 aliphatic heterocycles. The molecule has 4 fully saturated rings. The monoisotopic (exact) mass is 541 g/mol. The number of nitrogens with one attached hydrogen (secondary N) is 1. The molecule has 0 radical (unpaired) electrons. The van der Waals surface area contributed by atoms with Crippen molar-refractivity contribution >= 4 is 17.6 Å². The Balaban J connectivity index is 0.00000289. The number of halogens is 1.